The van der Waals surface area contributed by atoms with Crippen molar-refractivity contribution < 1.29 is 266 Å². The molecule has 0 saturated carbocycles. The van der Waals surface area contributed by atoms with Gasteiger partial charge in [0.1, 0.15) is 11.6 Å². The van der Waals surface area contributed by atoms with Gasteiger partial charge in [0.25, 0.3) is 0 Å². The summed E-state index contributed by atoms with van der Waals surface area (Å²) in [5, 5.41) is 74.3. The molecule has 0 saturated heterocycles. The van der Waals surface area contributed by atoms with Crippen molar-refractivity contribution in [3.05, 3.63) is 317 Å². The van der Waals surface area contributed by atoms with E-state index in [0.29, 0.717) is 53.5 Å². The van der Waals surface area contributed by atoms with Gasteiger partial charge in [-0.25, -0.2) is 4.68 Å². The molecule has 0 bridgehead atoms. The summed E-state index contributed by atoms with van der Waals surface area (Å²) in [4.78, 5) is 18.9. The first-order valence-corrected chi connectivity index (χ1v) is 43.7. The van der Waals surface area contributed by atoms with Crippen LogP contribution in [0.4, 0.5) is 0 Å². The van der Waals surface area contributed by atoms with E-state index >= 15 is 0 Å². The maximum absolute atomic E-state index is 5.39. The summed E-state index contributed by atoms with van der Waals surface area (Å²) in [5.74, 6) is 5.97. The minimum atomic E-state index is 0. The first kappa shape index (κ1) is 172. The van der Waals surface area contributed by atoms with E-state index < -0.39 is 0 Å². The maximum atomic E-state index is 5.39. The molecule has 0 fully saturated rings. The molecule has 31 nitrogen and oxygen atoms in total. The summed E-state index contributed by atoms with van der Waals surface area (Å²) in [6.45, 7) is 81.1. The van der Waals surface area contributed by atoms with E-state index in [1.807, 2.05) is 89.3 Å². The Morgan fingerprint density at radius 3 is 1.06 bits per heavy atom. The van der Waals surface area contributed by atoms with Crippen LogP contribution in [-0.4, -0.2) is 154 Å². The summed E-state index contributed by atoms with van der Waals surface area (Å²) in [5.41, 5.74) is 40.7. The van der Waals surface area contributed by atoms with Crippen molar-refractivity contribution in [3.8, 4) is 5.75 Å². The molecule has 39 heteroatoms. The van der Waals surface area contributed by atoms with Crippen LogP contribution >= 0.6 is 0 Å². The second-order valence-electron chi connectivity index (χ2n) is 33.7. The first-order chi connectivity index (χ1) is 60.2. The van der Waals surface area contributed by atoms with Crippen molar-refractivity contribution in [2.24, 2.45) is 28.2 Å². The van der Waals surface area contributed by atoms with Crippen LogP contribution in [0.15, 0.2) is 36.4 Å². The number of hydrogen-bond acceptors (Lipinski definition) is 21. The van der Waals surface area contributed by atoms with Crippen LogP contribution in [0.5, 0.6) is 5.75 Å². The average molecular weight is 2600 g/mol. The molecule has 145 heavy (non-hydrogen) atoms. The predicted molar refractivity (Wildman–Crippen MR) is 566 cm³/mol. The van der Waals surface area contributed by atoms with Gasteiger partial charge in [0.2, 0.25) is 0 Å². The zero-order chi connectivity index (χ0) is 98.2. The topological polar surface area (TPSA) is 352 Å². The second-order valence-corrected chi connectivity index (χ2v) is 33.7. The van der Waals surface area contributed by atoms with Crippen LogP contribution in [0, 0.1) is 300 Å². The van der Waals surface area contributed by atoms with E-state index in [2.05, 4.69) is 374 Å². The van der Waals surface area contributed by atoms with Crippen LogP contribution in [0.3, 0.4) is 0 Å². The van der Waals surface area contributed by atoms with E-state index in [1.165, 1.54) is 133 Å². The third-order valence-corrected chi connectivity index (χ3v) is 25.6. The first-order valence-electron chi connectivity index (χ1n) is 43.7. The Balaban J connectivity index is -0.000000106. The van der Waals surface area contributed by atoms with Gasteiger partial charge in [-0.05, 0) is 297 Å². The SMILES string of the molecule is CC1c2cc[c-]cc2C(C)N(C)C1C.COc1c(C)c(C)c(C)c(C)c1C.Cc1[c-]c(C)c(C)c(C)c1C.Cc1[n-]c(C)c(C)c1C.Cc1c(C)c(C)n(C)c1C.Cc1ccc2c(c1)C(C)N(C)C(C)C2C.Cc1n[n-]c(C)c1C.Cc1nc(C)c(C)[n-]1.Cc1nn[n-]c1C.Cc1nn[n-]n1.Cc1nnn(C)c1C.Cc1nnn(C)n1.Cc1nnn[n-]1.Cc1nnnn1C.[CH3-].[CH3-].[CH3-].[CH3-].[CH3-].[CH3-].[CH3-].[CH3-].[Y].[Y].[Y].[Y].[Y].[Y].[Y].[Y]. The smallest absolute Gasteiger partial charge is 0.171 e. The van der Waals surface area contributed by atoms with Crippen molar-refractivity contribution in [1.82, 2.24) is 152 Å². The molecular weight excluding hydrogens is 2420 g/mol. The second kappa shape index (κ2) is 85.3. The molecule has 16 rings (SSSR count). The monoisotopic (exact) mass is 2590 g/mol. The average Bonchev–Trinajstić information content (AvgIpc) is 1.52. The van der Waals surface area contributed by atoms with E-state index in [1.54, 1.807) is 56.9 Å². The van der Waals surface area contributed by atoms with Crippen LogP contribution < -0.4 is 35.2 Å². The van der Waals surface area contributed by atoms with Gasteiger partial charge >= 0.3 is 0 Å². The van der Waals surface area contributed by atoms with Gasteiger partial charge in [-0.1, -0.05) is 145 Å². The Morgan fingerprint density at radius 1 is 0.345 bits per heavy atom. The van der Waals surface area contributed by atoms with E-state index in [4.69, 9.17) is 4.74 Å². The molecule has 2 aliphatic rings. The molecule has 794 valence electrons. The maximum Gasteiger partial charge on any atom is 0.171 e. The van der Waals surface area contributed by atoms with Crippen molar-refractivity contribution >= 4 is 0 Å². The predicted octanol–water partition coefficient (Wildman–Crippen LogP) is 20.2. The van der Waals surface area contributed by atoms with Crippen molar-refractivity contribution in [1.29, 1.82) is 0 Å². The quantitative estimate of drug-likeness (QED) is 0.138. The number of ether oxygens (including phenoxy) is 1. The van der Waals surface area contributed by atoms with Crippen LogP contribution in [0.1, 0.15) is 274 Å². The number of rotatable bonds is 1. The number of fused-ring (bicyclic) bond motifs is 2. The zero-order valence-electron chi connectivity index (χ0n) is 99.4. The van der Waals surface area contributed by atoms with E-state index in [-0.39, 0.29) is 321 Å². The molecule has 0 amide bonds. The normalized spacial score (nSPS) is 13.2. The molecule has 0 spiro atoms. The molecule has 10 aromatic heterocycles. The summed E-state index contributed by atoms with van der Waals surface area (Å²) in [6, 6.07) is 22.1. The van der Waals surface area contributed by atoms with E-state index in [0.717, 1.165) is 62.9 Å². The summed E-state index contributed by atoms with van der Waals surface area (Å²) in [7, 11) is 13.7. The third-order valence-electron chi connectivity index (χ3n) is 25.6. The number of tetrazole rings is 4. The molecule has 4 aromatic carbocycles. The van der Waals surface area contributed by atoms with Crippen LogP contribution in [0.25, 0.3) is 0 Å². The number of hydrogen-bond donors (Lipinski definition) is 0. The Kier molecular flexibility index (Phi) is 101. The van der Waals surface area contributed by atoms with Crippen LogP contribution in [0.2, 0.25) is 0 Å². The van der Waals surface area contributed by atoms with Crippen molar-refractivity contribution in [2.45, 2.75) is 306 Å². The summed E-state index contributed by atoms with van der Waals surface area (Å²) >= 11 is 0. The van der Waals surface area contributed by atoms with Crippen molar-refractivity contribution in [2.75, 3.05) is 21.2 Å². The van der Waals surface area contributed by atoms with Gasteiger partial charge in [0.05, 0.1) is 25.5 Å². The van der Waals surface area contributed by atoms with Gasteiger partial charge in [0.15, 0.2) is 5.82 Å². The Bertz CT molecular complexity index is 5310. The molecule has 8 radical (unpaired) electrons. The standard InChI is InChI=1S/C14H21N.C13H18N.C12H18O.C11H15.C9H15N.C8H12N.2C6H9N2.C5H9N3.C4H6N3.2C3H6N4.2C2H3N4.8CH3.8Y/c1-9-6-7-13-10(2)11(3)15(5)12(4)14(13)8-9;1-9-10(2)14(4)11(3)13-8-6-5-7-12(9)13;1-7-8(2)10(4)12(13-6)11(5)9(7)3;1-7-6-8(2)10(4)11(5)9(7)3;1-6-7(2)9(4)10(5)8(6)3;1-5-6(2)8(4)9-7(5)3;1-4-5(2)8-6(3)7-4;1-4-5(2)7-8-6(4)3;1-4-5(2)8(3)7-6-4;1-3-4(2)6-7-5-3;1-3-4-5-6-7(3)2;1-3-4-6-7(2)5-3;2*1-2-3-5-6-4-2;;;;;;;;;;;;;;;;/h6-8,10-12H,1-5H3;5,7-11H,1-4H3;1-6H3;1-5H3;1-5H3;1-4H3;3*1-3H3;3*1-2H3;2*1H3;8*1H3;;;;;;;;/q;-1;;-1;;3*-1;;-1;;;10*-1;;;;;;;;. The molecule has 2 aliphatic heterocycles. The van der Waals surface area contributed by atoms with Crippen molar-refractivity contribution in [3.63, 3.8) is 0 Å². The molecular formula is C106H174N30OY8-16. The summed E-state index contributed by atoms with van der Waals surface area (Å²) < 4.78 is 11.0. The van der Waals surface area contributed by atoms with E-state index in [9.17, 15) is 0 Å². The third kappa shape index (κ3) is 54.3. The number of methoxy groups -OCH3 is 1. The van der Waals surface area contributed by atoms with Gasteiger partial charge in [-0.3, -0.25) is 40.6 Å². The molecule has 14 aromatic rings. The number of benzene rings is 4. The number of likely N-dealkylation sites (N-methyl/N-ethyl adjacent to an activating group) is 2. The fourth-order valence-electron chi connectivity index (χ4n) is 13.5. The largest absolute Gasteiger partial charge is 0.665 e. The van der Waals surface area contributed by atoms with Gasteiger partial charge < -0.3 is 119 Å². The Labute approximate surface area is 1080 Å². The van der Waals surface area contributed by atoms with Gasteiger partial charge in [-0.2, -0.15) is 79.5 Å². The number of aromatic nitrogens is 28. The minimum Gasteiger partial charge on any atom is -0.665 e. The van der Waals surface area contributed by atoms with Crippen LogP contribution in [-0.2, 0) is 290 Å². The van der Waals surface area contributed by atoms with Gasteiger partial charge in [-0.15, -0.1) is 37.2 Å². The number of imidazole rings is 1. The Hall–Kier alpha value is -3.03. The number of aryl methyl sites for hydroxylation is 20. The Morgan fingerprint density at radius 2 is 0.814 bits per heavy atom. The molecule has 0 N–H and O–H groups in total. The molecule has 6 unspecified atom stereocenters. The fraction of sp³-hybridized carbons (Fsp3) is 0.491. The summed E-state index contributed by atoms with van der Waals surface area (Å²) in [6.07, 6.45) is 0. The molecule has 12 heterocycles. The zero-order valence-corrected chi connectivity index (χ0v) is 122. The molecule has 6 atom stereocenters. The number of nitrogens with zero attached hydrogens (tertiary/aromatic N) is 30. The fourth-order valence-corrected chi connectivity index (χ4v) is 13.5. The van der Waals surface area contributed by atoms with Gasteiger partial charge in [0, 0.05) is 330 Å². The molecule has 0 aliphatic carbocycles. The minimum absolute atomic E-state index is 0.